The lowest BCUT2D eigenvalue weighted by molar-refractivity contribution is 0.301. The summed E-state index contributed by atoms with van der Waals surface area (Å²) in [6.45, 7) is 0.195. The Morgan fingerprint density at radius 3 is 2.39 bits per heavy atom. The average molecular weight is 304 g/mol. The van der Waals surface area contributed by atoms with E-state index in [-0.39, 0.29) is 6.61 Å². The van der Waals surface area contributed by atoms with E-state index in [4.69, 9.17) is 45.3 Å². The summed E-state index contributed by atoms with van der Waals surface area (Å²) in [5.41, 5.74) is 6.14. The van der Waals surface area contributed by atoms with Crippen molar-refractivity contribution in [1.82, 2.24) is 4.98 Å². The van der Waals surface area contributed by atoms with Crippen molar-refractivity contribution in [2.45, 2.75) is 6.61 Å². The minimum atomic E-state index is 0.195. The van der Waals surface area contributed by atoms with Crippen LogP contribution in [0, 0.1) is 0 Å². The van der Waals surface area contributed by atoms with Crippen LogP contribution in [-0.4, -0.2) is 4.98 Å². The highest BCUT2D eigenvalue weighted by atomic mass is 35.5. The van der Waals surface area contributed by atoms with Gasteiger partial charge in [-0.3, -0.25) is 0 Å². The van der Waals surface area contributed by atoms with E-state index in [0.29, 0.717) is 32.3 Å². The fourth-order valence-corrected chi connectivity index (χ4v) is 2.03. The molecule has 0 spiro atoms. The van der Waals surface area contributed by atoms with Crippen LogP contribution in [0.15, 0.2) is 30.3 Å². The third-order valence-corrected chi connectivity index (χ3v) is 2.93. The molecule has 0 unspecified atom stereocenters. The lowest BCUT2D eigenvalue weighted by atomic mass is 10.3. The van der Waals surface area contributed by atoms with Gasteiger partial charge in [0.15, 0.2) is 0 Å². The molecule has 0 fully saturated rings. The number of hydrogen-bond donors (Lipinski definition) is 1. The maximum Gasteiger partial charge on any atom is 0.132 e. The molecule has 0 bridgehead atoms. The first-order chi connectivity index (χ1) is 8.54. The van der Waals surface area contributed by atoms with Crippen molar-refractivity contribution in [3.63, 3.8) is 0 Å². The molecular weight excluding hydrogens is 295 g/mol. The molecule has 1 aromatic heterocycles. The fraction of sp³-hybridized carbons (Fsp3) is 0.0833. The van der Waals surface area contributed by atoms with Gasteiger partial charge in [0, 0.05) is 10.0 Å². The highest BCUT2D eigenvalue weighted by Crippen LogP contribution is 2.25. The third kappa shape index (κ3) is 3.42. The van der Waals surface area contributed by atoms with Crippen LogP contribution in [0.25, 0.3) is 0 Å². The zero-order valence-electron chi connectivity index (χ0n) is 9.16. The molecule has 2 N–H and O–H groups in total. The second kappa shape index (κ2) is 5.65. The standard InChI is InChI=1S/C12H9Cl3N2O/c13-7-3-8(14)5-9(4-7)18-6-11-10(15)1-2-12(16)17-11/h1-5H,6H2,(H2,16,17). The second-order valence-corrected chi connectivity index (χ2v) is 4.84. The summed E-state index contributed by atoms with van der Waals surface area (Å²) in [6.07, 6.45) is 0. The first-order valence-corrected chi connectivity index (χ1v) is 6.18. The number of aromatic nitrogens is 1. The predicted molar refractivity (Wildman–Crippen MR) is 74.5 cm³/mol. The molecule has 0 radical (unpaired) electrons. The molecule has 0 atom stereocenters. The summed E-state index contributed by atoms with van der Waals surface area (Å²) < 4.78 is 5.52. The lowest BCUT2D eigenvalue weighted by Crippen LogP contribution is -2.01. The zero-order valence-corrected chi connectivity index (χ0v) is 11.4. The number of hydrogen-bond acceptors (Lipinski definition) is 3. The van der Waals surface area contributed by atoms with Crippen molar-refractivity contribution in [3.8, 4) is 5.75 Å². The minimum absolute atomic E-state index is 0.195. The van der Waals surface area contributed by atoms with E-state index in [1.54, 1.807) is 30.3 Å². The topological polar surface area (TPSA) is 48.1 Å². The summed E-state index contributed by atoms with van der Waals surface area (Å²) in [7, 11) is 0. The van der Waals surface area contributed by atoms with Crippen LogP contribution >= 0.6 is 34.8 Å². The van der Waals surface area contributed by atoms with Crippen LogP contribution in [0.1, 0.15) is 5.69 Å². The van der Waals surface area contributed by atoms with Gasteiger partial charge in [0.05, 0.1) is 10.7 Å². The molecule has 0 saturated carbocycles. The van der Waals surface area contributed by atoms with E-state index in [1.807, 2.05) is 0 Å². The highest BCUT2D eigenvalue weighted by molar-refractivity contribution is 6.34. The smallest absolute Gasteiger partial charge is 0.132 e. The number of rotatable bonds is 3. The Bertz CT molecular complexity index is 555. The summed E-state index contributed by atoms with van der Waals surface area (Å²) in [6, 6.07) is 8.25. The number of nitrogen functional groups attached to an aromatic ring is 1. The van der Waals surface area contributed by atoms with Gasteiger partial charge in [-0.15, -0.1) is 0 Å². The molecule has 94 valence electrons. The van der Waals surface area contributed by atoms with Gasteiger partial charge in [0.1, 0.15) is 18.2 Å². The number of benzene rings is 1. The Balaban J connectivity index is 2.13. The molecule has 1 aromatic carbocycles. The largest absolute Gasteiger partial charge is 0.487 e. The van der Waals surface area contributed by atoms with Gasteiger partial charge in [0.25, 0.3) is 0 Å². The predicted octanol–water partition coefficient (Wildman–Crippen LogP) is 4.20. The molecule has 6 heteroatoms. The molecule has 2 aromatic rings. The van der Waals surface area contributed by atoms with Crippen LogP contribution in [0.3, 0.4) is 0 Å². The van der Waals surface area contributed by atoms with Gasteiger partial charge >= 0.3 is 0 Å². The molecule has 0 saturated heterocycles. The molecule has 0 aliphatic carbocycles. The van der Waals surface area contributed by atoms with Crippen molar-refractivity contribution < 1.29 is 4.74 Å². The normalized spacial score (nSPS) is 10.4. The van der Waals surface area contributed by atoms with Gasteiger partial charge in [-0.2, -0.15) is 0 Å². The van der Waals surface area contributed by atoms with Crippen molar-refractivity contribution in [1.29, 1.82) is 0 Å². The quantitative estimate of drug-likeness (QED) is 0.924. The van der Waals surface area contributed by atoms with Gasteiger partial charge in [-0.25, -0.2) is 4.98 Å². The Morgan fingerprint density at radius 2 is 1.72 bits per heavy atom. The van der Waals surface area contributed by atoms with Crippen LogP contribution in [0.4, 0.5) is 5.82 Å². The molecule has 18 heavy (non-hydrogen) atoms. The van der Waals surface area contributed by atoms with Crippen LogP contribution < -0.4 is 10.5 Å². The Kier molecular flexibility index (Phi) is 4.17. The van der Waals surface area contributed by atoms with Gasteiger partial charge in [0.2, 0.25) is 0 Å². The van der Waals surface area contributed by atoms with Crippen LogP contribution in [0.5, 0.6) is 5.75 Å². The molecule has 3 nitrogen and oxygen atoms in total. The van der Waals surface area contributed by atoms with Crippen molar-refractivity contribution >= 4 is 40.6 Å². The van der Waals surface area contributed by atoms with Crippen molar-refractivity contribution in [2.75, 3.05) is 5.73 Å². The minimum Gasteiger partial charge on any atom is -0.487 e. The van der Waals surface area contributed by atoms with E-state index in [2.05, 4.69) is 4.98 Å². The van der Waals surface area contributed by atoms with E-state index in [1.165, 1.54) is 0 Å². The zero-order chi connectivity index (χ0) is 13.1. The maximum absolute atomic E-state index is 5.97. The van der Waals surface area contributed by atoms with E-state index in [9.17, 15) is 0 Å². The van der Waals surface area contributed by atoms with Gasteiger partial charge in [-0.05, 0) is 30.3 Å². The molecule has 0 aliphatic rings. The Hall–Kier alpha value is -1.16. The number of halogens is 3. The molecule has 2 rings (SSSR count). The SMILES string of the molecule is Nc1ccc(Cl)c(COc2cc(Cl)cc(Cl)c2)n1. The number of ether oxygens (including phenoxy) is 1. The van der Waals surface area contributed by atoms with Crippen molar-refractivity contribution in [3.05, 3.63) is 51.1 Å². The van der Waals surface area contributed by atoms with Gasteiger partial charge < -0.3 is 10.5 Å². The summed E-state index contributed by atoms with van der Waals surface area (Å²) >= 11 is 17.7. The summed E-state index contributed by atoms with van der Waals surface area (Å²) in [4.78, 5) is 4.09. The summed E-state index contributed by atoms with van der Waals surface area (Å²) in [5, 5.41) is 1.51. The van der Waals surface area contributed by atoms with E-state index >= 15 is 0 Å². The van der Waals surface area contributed by atoms with E-state index < -0.39 is 0 Å². The van der Waals surface area contributed by atoms with E-state index in [0.717, 1.165) is 0 Å². The first kappa shape index (κ1) is 13.3. The van der Waals surface area contributed by atoms with Crippen LogP contribution in [-0.2, 0) is 6.61 Å². The summed E-state index contributed by atoms with van der Waals surface area (Å²) in [5.74, 6) is 0.940. The Labute approximate surface area is 119 Å². The molecule has 0 aliphatic heterocycles. The van der Waals surface area contributed by atoms with Gasteiger partial charge in [-0.1, -0.05) is 34.8 Å². The highest BCUT2D eigenvalue weighted by Gasteiger charge is 2.05. The van der Waals surface area contributed by atoms with Crippen molar-refractivity contribution in [2.24, 2.45) is 0 Å². The average Bonchev–Trinajstić information content (AvgIpc) is 2.29. The van der Waals surface area contributed by atoms with Crippen LogP contribution in [0.2, 0.25) is 15.1 Å². The molecule has 0 amide bonds. The number of nitrogens with two attached hydrogens (primary N) is 1. The maximum atomic E-state index is 5.97. The lowest BCUT2D eigenvalue weighted by Gasteiger charge is -2.08. The fourth-order valence-electron chi connectivity index (χ4n) is 1.37. The first-order valence-electron chi connectivity index (χ1n) is 5.04. The Morgan fingerprint density at radius 1 is 1.06 bits per heavy atom. The number of nitrogens with zero attached hydrogens (tertiary/aromatic N) is 1. The third-order valence-electron chi connectivity index (χ3n) is 2.15. The number of anilines is 1. The molecule has 1 heterocycles. The number of pyridine rings is 1. The second-order valence-electron chi connectivity index (χ2n) is 3.56. The monoisotopic (exact) mass is 302 g/mol. The molecular formula is C12H9Cl3N2O.